The zero-order valence-electron chi connectivity index (χ0n) is 16.9. The number of rotatable bonds is 6. The molecule has 0 aromatic heterocycles. The lowest BCUT2D eigenvalue weighted by molar-refractivity contribution is -0.142. The lowest BCUT2D eigenvalue weighted by Gasteiger charge is -2.38. The molecule has 2 fully saturated rings. The monoisotopic (exact) mass is 387 g/mol. The molecule has 2 aliphatic heterocycles. The van der Waals surface area contributed by atoms with E-state index in [2.05, 4.69) is 6.92 Å². The Balaban J connectivity index is 1.37. The number of nitrogens with zero attached hydrogens (tertiary/aromatic N) is 2. The maximum Gasteiger partial charge on any atom is 0.225 e. The first kappa shape index (κ1) is 20.6. The molecule has 1 aromatic rings. The Kier molecular flexibility index (Phi) is 7.31. The summed E-state index contributed by atoms with van der Waals surface area (Å²) in [6, 6.07) is 9.75. The highest BCUT2D eigenvalue weighted by Crippen LogP contribution is 2.25. The van der Waals surface area contributed by atoms with Crippen LogP contribution in [0.1, 0.15) is 39.0 Å². The molecule has 1 unspecified atom stereocenters. The van der Waals surface area contributed by atoms with Crippen molar-refractivity contribution in [2.75, 3.05) is 32.8 Å². The molecule has 1 atom stereocenters. The molecule has 2 amide bonds. The van der Waals surface area contributed by atoms with Crippen LogP contribution < -0.4 is 10.5 Å². The second-order valence-corrected chi connectivity index (χ2v) is 8.09. The average molecular weight is 388 g/mol. The van der Waals surface area contributed by atoms with E-state index >= 15 is 0 Å². The number of likely N-dealkylation sites (tertiary alicyclic amines) is 2. The SMILES string of the molecule is CC(N)C1CCN(C(=O)C2CCN(C(=O)CCOc3ccccc3)CC2)CC1. The molecular weight excluding hydrogens is 354 g/mol. The molecule has 0 radical (unpaired) electrons. The summed E-state index contributed by atoms with van der Waals surface area (Å²) in [5, 5.41) is 0. The van der Waals surface area contributed by atoms with Crippen LogP contribution in [0.4, 0.5) is 0 Å². The molecule has 2 N–H and O–H groups in total. The number of hydrogen-bond acceptors (Lipinski definition) is 4. The van der Waals surface area contributed by atoms with Crippen LogP contribution in [0.3, 0.4) is 0 Å². The largest absolute Gasteiger partial charge is 0.493 e. The van der Waals surface area contributed by atoms with E-state index in [1.54, 1.807) is 0 Å². The van der Waals surface area contributed by atoms with Crippen molar-refractivity contribution >= 4 is 11.8 Å². The Hall–Kier alpha value is -2.08. The summed E-state index contributed by atoms with van der Waals surface area (Å²) in [6.45, 7) is 5.41. The minimum absolute atomic E-state index is 0.0523. The summed E-state index contributed by atoms with van der Waals surface area (Å²) >= 11 is 0. The highest BCUT2D eigenvalue weighted by Gasteiger charge is 2.32. The molecule has 1 aromatic carbocycles. The van der Waals surface area contributed by atoms with Crippen LogP contribution >= 0.6 is 0 Å². The van der Waals surface area contributed by atoms with Gasteiger partial charge in [0.05, 0.1) is 13.0 Å². The van der Waals surface area contributed by atoms with E-state index in [0.717, 1.165) is 44.5 Å². The van der Waals surface area contributed by atoms with Crippen LogP contribution in [-0.2, 0) is 9.59 Å². The second-order valence-electron chi connectivity index (χ2n) is 8.09. The summed E-state index contributed by atoms with van der Waals surface area (Å²) in [4.78, 5) is 29.1. The number of piperidine rings is 2. The molecule has 2 saturated heterocycles. The Morgan fingerprint density at radius 3 is 2.25 bits per heavy atom. The van der Waals surface area contributed by atoms with Gasteiger partial charge in [-0.15, -0.1) is 0 Å². The molecule has 0 saturated carbocycles. The highest BCUT2D eigenvalue weighted by atomic mass is 16.5. The standard InChI is InChI=1S/C22H33N3O3/c1-17(23)18-7-14-25(15-8-18)22(27)19-9-12-24(13-10-19)21(26)11-16-28-20-5-3-2-4-6-20/h2-6,17-19H,7-16,23H2,1H3. The van der Waals surface area contributed by atoms with Gasteiger partial charge in [0.15, 0.2) is 0 Å². The lowest BCUT2D eigenvalue weighted by atomic mass is 9.89. The summed E-state index contributed by atoms with van der Waals surface area (Å²) in [5.74, 6) is 1.74. The minimum atomic E-state index is 0.0523. The first-order valence-electron chi connectivity index (χ1n) is 10.5. The van der Waals surface area contributed by atoms with Gasteiger partial charge in [-0.05, 0) is 50.7 Å². The molecule has 154 valence electrons. The van der Waals surface area contributed by atoms with Crippen LogP contribution in [0.15, 0.2) is 30.3 Å². The van der Waals surface area contributed by atoms with E-state index in [1.807, 2.05) is 40.1 Å². The van der Waals surface area contributed by atoms with Gasteiger partial charge in [0, 0.05) is 38.1 Å². The summed E-state index contributed by atoms with van der Waals surface area (Å²) in [7, 11) is 0. The van der Waals surface area contributed by atoms with E-state index in [4.69, 9.17) is 10.5 Å². The summed E-state index contributed by atoms with van der Waals surface area (Å²) < 4.78 is 5.61. The Labute approximate surface area is 168 Å². The molecule has 3 rings (SSSR count). The van der Waals surface area contributed by atoms with Crippen molar-refractivity contribution in [2.24, 2.45) is 17.6 Å². The third kappa shape index (κ3) is 5.47. The maximum absolute atomic E-state index is 12.8. The Morgan fingerprint density at radius 2 is 1.64 bits per heavy atom. The number of amides is 2. The number of carbonyl (C=O) groups excluding carboxylic acids is 2. The van der Waals surface area contributed by atoms with Gasteiger partial charge < -0.3 is 20.3 Å². The molecule has 2 heterocycles. The predicted molar refractivity (Wildman–Crippen MR) is 109 cm³/mol. The van der Waals surface area contributed by atoms with Gasteiger partial charge in [-0.3, -0.25) is 9.59 Å². The Morgan fingerprint density at radius 1 is 1.04 bits per heavy atom. The van der Waals surface area contributed by atoms with Crippen LogP contribution in [0.2, 0.25) is 0 Å². The third-order valence-corrected chi connectivity index (χ3v) is 6.12. The number of benzene rings is 1. The van der Waals surface area contributed by atoms with Crippen molar-refractivity contribution in [3.8, 4) is 5.75 Å². The fourth-order valence-corrected chi connectivity index (χ4v) is 4.21. The fraction of sp³-hybridized carbons (Fsp3) is 0.636. The average Bonchev–Trinajstić information content (AvgIpc) is 2.74. The van der Waals surface area contributed by atoms with E-state index in [9.17, 15) is 9.59 Å². The molecule has 0 spiro atoms. The van der Waals surface area contributed by atoms with Crippen molar-refractivity contribution in [2.45, 2.75) is 45.1 Å². The first-order valence-corrected chi connectivity index (χ1v) is 10.5. The fourth-order valence-electron chi connectivity index (χ4n) is 4.21. The molecule has 0 bridgehead atoms. The van der Waals surface area contributed by atoms with E-state index in [1.165, 1.54) is 0 Å². The lowest BCUT2D eigenvalue weighted by Crippen LogP contribution is -2.48. The van der Waals surface area contributed by atoms with Gasteiger partial charge in [0.25, 0.3) is 0 Å². The van der Waals surface area contributed by atoms with Gasteiger partial charge in [0.2, 0.25) is 11.8 Å². The first-order chi connectivity index (χ1) is 13.5. The molecule has 2 aliphatic rings. The Bertz CT molecular complexity index is 634. The highest BCUT2D eigenvalue weighted by molar-refractivity contribution is 5.80. The van der Waals surface area contributed by atoms with Crippen molar-refractivity contribution in [1.82, 2.24) is 9.80 Å². The molecular formula is C22H33N3O3. The predicted octanol–water partition coefficient (Wildman–Crippen LogP) is 2.28. The minimum Gasteiger partial charge on any atom is -0.493 e. The maximum atomic E-state index is 12.8. The van der Waals surface area contributed by atoms with Gasteiger partial charge >= 0.3 is 0 Å². The van der Waals surface area contributed by atoms with Crippen LogP contribution in [0.25, 0.3) is 0 Å². The quantitative estimate of drug-likeness (QED) is 0.812. The smallest absolute Gasteiger partial charge is 0.225 e. The van der Waals surface area contributed by atoms with Gasteiger partial charge in [-0.2, -0.15) is 0 Å². The zero-order valence-corrected chi connectivity index (χ0v) is 16.9. The van der Waals surface area contributed by atoms with E-state index < -0.39 is 0 Å². The third-order valence-electron chi connectivity index (χ3n) is 6.12. The summed E-state index contributed by atoms with van der Waals surface area (Å²) in [6.07, 6.45) is 3.90. The zero-order chi connectivity index (χ0) is 19.9. The number of ether oxygens (including phenoxy) is 1. The van der Waals surface area contributed by atoms with Gasteiger partial charge in [-0.25, -0.2) is 0 Å². The van der Waals surface area contributed by atoms with Crippen molar-refractivity contribution in [3.63, 3.8) is 0 Å². The number of nitrogens with two attached hydrogens (primary N) is 1. The normalized spacial score (nSPS) is 20.1. The second kappa shape index (κ2) is 9.92. The molecule has 6 nitrogen and oxygen atoms in total. The van der Waals surface area contributed by atoms with E-state index in [0.29, 0.717) is 32.0 Å². The van der Waals surface area contributed by atoms with E-state index in [-0.39, 0.29) is 23.8 Å². The van der Waals surface area contributed by atoms with Crippen LogP contribution in [-0.4, -0.2) is 60.4 Å². The topological polar surface area (TPSA) is 75.9 Å². The summed E-state index contributed by atoms with van der Waals surface area (Å²) in [5.41, 5.74) is 5.99. The number of para-hydroxylation sites is 1. The van der Waals surface area contributed by atoms with Crippen LogP contribution in [0, 0.1) is 11.8 Å². The molecule has 28 heavy (non-hydrogen) atoms. The molecule has 0 aliphatic carbocycles. The van der Waals surface area contributed by atoms with Gasteiger partial charge in [-0.1, -0.05) is 18.2 Å². The van der Waals surface area contributed by atoms with Crippen molar-refractivity contribution in [3.05, 3.63) is 30.3 Å². The van der Waals surface area contributed by atoms with Crippen molar-refractivity contribution in [1.29, 1.82) is 0 Å². The number of carbonyl (C=O) groups is 2. The van der Waals surface area contributed by atoms with Crippen LogP contribution in [0.5, 0.6) is 5.75 Å². The van der Waals surface area contributed by atoms with Crippen molar-refractivity contribution < 1.29 is 14.3 Å². The molecule has 6 heteroatoms. The number of hydrogen-bond donors (Lipinski definition) is 1. The van der Waals surface area contributed by atoms with Gasteiger partial charge in [0.1, 0.15) is 5.75 Å².